The van der Waals surface area contributed by atoms with Crippen LogP contribution < -0.4 is 0 Å². The third-order valence-electron chi connectivity index (χ3n) is 1.90. The highest BCUT2D eigenvalue weighted by Gasteiger charge is 2.10. The SMILES string of the molecule is OCc1c(I)sc2cccc(S)c12. The monoisotopic (exact) mass is 322 g/mol. The van der Waals surface area contributed by atoms with Gasteiger partial charge in [0.1, 0.15) is 0 Å². The summed E-state index contributed by atoms with van der Waals surface area (Å²) in [7, 11) is 0. The lowest BCUT2D eigenvalue weighted by Gasteiger charge is -1.97. The van der Waals surface area contributed by atoms with Crippen LogP contribution in [0.2, 0.25) is 0 Å². The van der Waals surface area contributed by atoms with Crippen LogP contribution in [-0.2, 0) is 6.61 Å². The Kier molecular flexibility index (Phi) is 2.83. The largest absolute Gasteiger partial charge is 0.392 e. The van der Waals surface area contributed by atoms with Gasteiger partial charge in [0.25, 0.3) is 0 Å². The Morgan fingerprint density at radius 3 is 2.92 bits per heavy atom. The minimum atomic E-state index is 0.0931. The molecule has 2 rings (SSSR count). The molecule has 1 aromatic carbocycles. The van der Waals surface area contributed by atoms with E-state index >= 15 is 0 Å². The van der Waals surface area contributed by atoms with Crippen molar-refractivity contribution in [2.75, 3.05) is 0 Å². The van der Waals surface area contributed by atoms with E-state index in [4.69, 9.17) is 0 Å². The topological polar surface area (TPSA) is 20.2 Å². The van der Waals surface area contributed by atoms with E-state index in [1.54, 1.807) is 11.3 Å². The second-order valence-corrected chi connectivity index (χ2v) is 6.01. The summed E-state index contributed by atoms with van der Waals surface area (Å²) in [4.78, 5) is 0.945. The van der Waals surface area contributed by atoms with E-state index < -0.39 is 0 Å². The molecular weight excluding hydrogens is 315 g/mol. The lowest BCUT2D eigenvalue weighted by molar-refractivity contribution is 0.283. The molecule has 1 heterocycles. The molecule has 0 atom stereocenters. The molecule has 0 radical (unpaired) electrons. The zero-order valence-corrected chi connectivity index (χ0v) is 10.5. The van der Waals surface area contributed by atoms with Gasteiger partial charge in [-0.1, -0.05) is 6.07 Å². The standard InChI is InChI=1S/C9H7IOS2/c10-9-5(4-11)8-6(12)2-1-3-7(8)13-9/h1-3,11-12H,4H2. The van der Waals surface area contributed by atoms with Crippen molar-refractivity contribution in [2.24, 2.45) is 0 Å². The summed E-state index contributed by atoms with van der Waals surface area (Å²) < 4.78 is 2.34. The number of rotatable bonds is 1. The van der Waals surface area contributed by atoms with Gasteiger partial charge in [-0.25, -0.2) is 0 Å². The summed E-state index contributed by atoms with van der Waals surface area (Å²) in [6.45, 7) is 0.0931. The molecule has 1 N–H and O–H groups in total. The summed E-state index contributed by atoms with van der Waals surface area (Å²) in [5, 5.41) is 10.3. The molecule has 0 spiro atoms. The van der Waals surface area contributed by atoms with Gasteiger partial charge < -0.3 is 5.11 Å². The Balaban J connectivity index is 2.88. The molecule has 0 saturated heterocycles. The number of hydrogen-bond acceptors (Lipinski definition) is 3. The minimum absolute atomic E-state index is 0.0931. The summed E-state index contributed by atoms with van der Waals surface area (Å²) in [6, 6.07) is 5.99. The predicted octanol–water partition coefficient (Wildman–Crippen LogP) is 3.29. The van der Waals surface area contributed by atoms with Gasteiger partial charge in [0.15, 0.2) is 0 Å². The van der Waals surface area contributed by atoms with Gasteiger partial charge in [-0.05, 0) is 34.7 Å². The Morgan fingerprint density at radius 2 is 2.23 bits per heavy atom. The smallest absolute Gasteiger partial charge is 0.0721 e. The zero-order chi connectivity index (χ0) is 9.42. The van der Waals surface area contributed by atoms with Gasteiger partial charge in [0.2, 0.25) is 0 Å². The Hall–Kier alpha value is 0.220. The Bertz CT molecular complexity index is 450. The van der Waals surface area contributed by atoms with Crippen LogP contribution in [-0.4, -0.2) is 5.11 Å². The van der Waals surface area contributed by atoms with Crippen molar-refractivity contribution in [3.8, 4) is 0 Å². The van der Waals surface area contributed by atoms with Crippen molar-refractivity contribution in [3.63, 3.8) is 0 Å². The van der Waals surface area contributed by atoms with E-state index in [2.05, 4.69) is 41.3 Å². The number of fused-ring (bicyclic) bond motifs is 1. The lowest BCUT2D eigenvalue weighted by Crippen LogP contribution is -1.83. The second kappa shape index (κ2) is 3.76. The summed E-state index contributed by atoms with van der Waals surface area (Å²) in [6.07, 6.45) is 0. The maximum absolute atomic E-state index is 9.20. The molecule has 13 heavy (non-hydrogen) atoms. The molecule has 0 fully saturated rings. The highest BCUT2D eigenvalue weighted by Crippen LogP contribution is 2.35. The normalized spacial score (nSPS) is 11.0. The second-order valence-electron chi connectivity index (χ2n) is 2.66. The van der Waals surface area contributed by atoms with Gasteiger partial charge in [-0.3, -0.25) is 0 Å². The predicted molar refractivity (Wildman–Crippen MR) is 67.7 cm³/mol. The molecule has 0 amide bonds. The molecule has 0 bridgehead atoms. The van der Waals surface area contributed by atoms with Gasteiger partial charge >= 0.3 is 0 Å². The van der Waals surface area contributed by atoms with Gasteiger partial charge in [0, 0.05) is 20.5 Å². The number of aliphatic hydroxyl groups excluding tert-OH is 1. The first-order valence-electron chi connectivity index (χ1n) is 3.73. The van der Waals surface area contributed by atoms with E-state index in [9.17, 15) is 5.11 Å². The number of halogens is 1. The zero-order valence-electron chi connectivity index (χ0n) is 6.62. The van der Waals surface area contributed by atoms with Crippen LogP contribution in [0.25, 0.3) is 10.1 Å². The molecule has 4 heteroatoms. The van der Waals surface area contributed by atoms with Gasteiger partial charge in [-0.2, -0.15) is 0 Å². The van der Waals surface area contributed by atoms with Crippen LogP contribution in [0.15, 0.2) is 23.1 Å². The number of thiol groups is 1. The average molecular weight is 322 g/mol. The molecule has 0 aliphatic carbocycles. The summed E-state index contributed by atoms with van der Waals surface area (Å²) in [5.41, 5.74) is 1.01. The number of aliphatic hydroxyl groups is 1. The molecular formula is C9H7IOS2. The highest BCUT2D eigenvalue weighted by molar-refractivity contribution is 14.1. The minimum Gasteiger partial charge on any atom is -0.392 e. The number of hydrogen-bond donors (Lipinski definition) is 2. The first kappa shape index (κ1) is 9.76. The van der Waals surface area contributed by atoms with Gasteiger partial charge in [0.05, 0.1) is 9.49 Å². The summed E-state index contributed by atoms with van der Waals surface area (Å²) >= 11 is 8.33. The van der Waals surface area contributed by atoms with Crippen LogP contribution in [0.5, 0.6) is 0 Å². The fourth-order valence-electron chi connectivity index (χ4n) is 1.31. The fourth-order valence-corrected chi connectivity index (χ4v) is 3.84. The summed E-state index contributed by atoms with van der Waals surface area (Å²) in [5.74, 6) is 0. The van der Waals surface area contributed by atoms with Crippen molar-refractivity contribution in [3.05, 3.63) is 26.6 Å². The maximum atomic E-state index is 9.20. The fraction of sp³-hybridized carbons (Fsp3) is 0.111. The molecule has 0 aliphatic heterocycles. The molecule has 0 saturated carbocycles. The van der Waals surface area contributed by atoms with Crippen molar-refractivity contribution in [2.45, 2.75) is 11.5 Å². The van der Waals surface area contributed by atoms with Crippen LogP contribution in [0, 0.1) is 2.88 Å². The van der Waals surface area contributed by atoms with Crippen LogP contribution in [0.1, 0.15) is 5.56 Å². The first-order valence-corrected chi connectivity index (χ1v) is 6.08. The van der Waals surface area contributed by atoms with E-state index in [0.29, 0.717) is 0 Å². The van der Waals surface area contributed by atoms with Crippen molar-refractivity contribution < 1.29 is 5.11 Å². The molecule has 0 aliphatic rings. The quantitative estimate of drug-likeness (QED) is 0.610. The Morgan fingerprint density at radius 1 is 1.46 bits per heavy atom. The van der Waals surface area contributed by atoms with Crippen LogP contribution >= 0.6 is 46.6 Å². The van der Waals surface area contributed by atoms with Crippen LogP contribution in [0.3, 0.4) is 0 Å². The van der Waals surface area contributed by atoms with E-state index in [1.807, 2.05) is 12.1 Å². The molecule has 1 aromatic heterocycles. The lowest BCUT2D eigenvalue weighted by atomic mass is 10.2. The third kappa shape index (κ3) is 1.60. The van der Waals surface area contributed by atoms with Crippen LogP contribution in [0.4, 0.5) is 0 Å². The Labute approximate surface area is 99.3 Å². The number of thiophene rings is 1. The molecule has 1 nitrogen and oxygen atoms in total. The van der Waals surface area contributed by atoms with Gasteiger partial charge in [-0.15, -0.1) is 24.0 Å². The third-order valence-corrected chi connectivity index (χ3v) is 4.57. The number of benzene rings is 1. The highest BCUT2D eigenvalue weighted by atomic mass is 127. The molecule has 0 unspecified atom stereocenters. The van der Waals surface area contributed by atoms with Crippen molar-refractivity contribution >= 4 is 56.6 Å². The van der Waals surface area contributed by atoms with E-state index in [0.717, 1.165) is 18.7 Å². The first-order chi connectivity index (χ1) is 6.24. The van der Waals surface area contributed by atoms with Crippen molar-refractivity contribution in [1.29, 1.82) is 0 Å². The average Bonchev–Trinajstić information content (AvgIpc) is 2.42. The molecule has 2 aromatic rings. The maximum Gasteiger partial charge on any atom is 0.0721 e. The van der Waals surface area contributed by atoms with E-state index in [1.165, 1.54) is 4.70 Å². The van der Waals surface area contributed by atoms with Crippen molar-refractivity contribution in [1.82, 2.24) is 0 Å². The molecule has 68 valence electrons. The van der Waals surface area contributed by atoms with E-state index in [-0.39, 0.29) is 6.61 Å².